The molecular weight excluding hydrogens is 316 g/mol. The number of aromatic nitrogens is 2. The third kappa shape index (κ3) is 2.77. The quantitative estimate of drug-likeness (QED) is 0.842. The van der Waals surface area contributed by atoms with Crippen molar-refractivity contribution in [3.05, 3.63) is 23.5 Å². The fraction of sp³-hybridized carbons (Fsp3) is 0.600. The molecular formula is C15H20N4OS2. The molecule has 5 nitrogen and oxygen atoms in total. The number of carbonyl (C=O) groups excluding carboxylic acids is 1. The lowest BCUT2D eigenvalue weighted by Gasteiger charge is -2.40. The van der Waals surface area contributed by atoms with Crippen LogP contribution in [0.1, 0.15) is 23.3 Å². The Balaban J connectivity index is 1.38. The number of thioether (sulfide) groups is 1. The van der Waals surface area contributed by atoms with Gasteiger partial charge in [0.2, 0.25) is 0 Å². The lowest BCUT2D eigenvalue weighted by molar-refractivity contribution is 0.0554. The highest BCUT2D eigenvalue weighted by Crippen LogP contribution is 2.23. The smallest absolute Gasteiger partial charge is 0.274 e. The molecule has 0 spiro atoms. The molecule has 4 rings (SSSR count). The van der Waals surface area contributed by atoms with Gasteiger partial charge in [-0.15, -0.1) is 11.3 Å². The number of fused-ring (bicyclic) bond motifs is 1. The second kappa shape index (κ2) is 6.22. The first-order chi connectivity index (χ1) is 10.8. The summed E-state index contributed by atoms with van der Waals surface area (Å²) in [5, 5.41) is 1.98. The van der Waals surface area contributed by atoms with Crippen LogP contribution < -0.4 is 0 Å². The number of hydrogen-bond acceptors (Lipinski definition) is 5. The highest BCUT2D eigenvalue weighted by molar-refractivity contribution is 7.99. The average molecular weight is 336 g/mol. The Labute approximate surface area is 138 Å². The van der Waals surface area contributed by atoms with Gasteiger partial charge in [0, 0.05) is 50.0 Å². The maximum Gasteiger partial charge on any atom is 0.274 e. The summed E-state index contributed by atoms with van der Waals surface area (Å²) >= 11 is 3.63. The minimum absolute atomic E-state index is 0.0785. The molecule has 0 aromatic carbocycles. The molecule has 118 valence electrons. The standard InChI is InChI=1S/C15H20N4OS2/c20-14(13-11-19-7-10-22-15(19)16-13)18-5-3-17(4-6-18)12-1-8-21-9-2-12/h7,10-12H,1-6,8-9H2. The van der Waals surface area contributed by atoms with E-state index in [4.69, 9.17) is 0 Å². The zero-order valence-electron chi connectivity index (χ0n) is 12.5. The van der Waals surface area contributed by atoms with Crippen LogP contribution in [0.4, 0.5) is 0 Å². The fourth-order valence-corrected chi connectivity index (χ4v) is 5.11. The molecule has 2 aromatic rings. The Morgan fingerprint density at radius 3 is 2.68 bits per heavy atom. The van der Waals surface area contributed by atoms with Gasteiger partial charge in [-0.05, 0) is 24.3 Å². The number of imidazole rings is 1. The molecule has 0 bridgehead atoms. The summed E-state index contributed by atoms with van der Waals surface area (Å²) in [7, 11) is 0. The Kier molecular flexibility index (Phi) is 4.11. The van der Waals surface area contributed by atoms with Gasteiger partial charge in [0.25, 0.3) is 5.91 Å². The predicted molar refractivity (Wildman–Crippen MR) is 90.9 cm³/mol. The van der Waals surface area contributed by atoms with Crippen LogP contribution in [-0.2, 0) is 0 Å². The Morgan fingerprint density at radius 2 is 1.95 bits per heavy atom. The third-order valence-corrected chi connectivity index (χ3v) is 6.44. The van der Waals surface area contributed by atoms with Crippen LogP contribution in [0.2, 0.25) is 0 Å². The molecule has 0 unspecified atom stereocenters. The topological polar surface area (TPSA) is 40.9 Å². The maximum atomic E-state index is 12.6. The lowest BCUT2D eigenvalue weighted by Crippen LogP contribution is -2.52. The Bertz CT molecular complexity index is 625. The van der Waals surface area contributed by atoms with Gasteiger partial charge in [-0.2, -0.15) is 11.8 Å². The highest BCUT2D eigenvalue weighted by Gasteiger charge is 2.28. The van der Waals surface area contributed by atoms with Crippen molar-refractivity contribution in [3.8, 4) is 0 Å². The van der Waals surface area contributed by atoms with Gasteiger partial charge in [0.1, 0.15) is 5.69 Å². The van der Waals surface area contributed by atoms with E-state index < -0.39 is 0 Å². The van der Waals surface area contributed by atoms with E-state index in [-0.39, 0.29) is 5.91 Å². The lowest BCUT2D eigenvalue weighted by atomic mass is 10.1. The summed E-state index contributed by atoms with van der Waals surface area (Å²) in [5.41, 5.74) is 0.578. The third-order valence-electron chi connectivity index (χ3n) is 4.62. The summed E-state index contributed by atoms with van der Waals surface area (Å²) in [6.45, 7) is 3.66. The Hall–Kier alpha value is -1.05. The van der Waals surface area contributed by atoms with Crippen LogP contribution in [0.3, 0.4) is 0 Å². The molecule has 7 heteroatoms. The van der Waals surface area contributed by atoms with Gasteiger partial charge in [-0.3, -0.25) is 14.1 Å². The molecule has 2 aliphatic rings. The van der Waals surface area contributed by atoms with Crippen molar-refractivity contribution in [3.63, 3.8) is 0 Å². The maximum absolute atomic E-state index is 12.6. The summed E-state index contributed by atoms with van der Waals surface area (Å²) < 4.78 is 1.92. The first-order valence-corrected chi connectivity index (χ1v) is 9.88. The van der Waals surface area contributed by atoms with Crippen molar-refractivity contribution >= 4 is 34.0 Å². The van der Waals surface area contributed by atoms with Crippen LogP contribution in [0, 0.1) is 0 Å². The summed E-state index contributed by atoms with van der Waals surface area (Å²) in [6, 6.07) is 0.733. The van der Waals surface area contributed by atoms with E-state index in [1.165, 1.54) is 24.3 Å². The molecule has 2 aromatic heterocycles. The SMILES string of the molecule is O=C(c1cn2ccsc2n1)N1CCN(C2CCSCC2)CC1. The van der Waals surface area contributed by atoms with Gasteiger partial charge >= 0.3 is 0 Å². The van der Waals surface area contributed by atoms with Crippen molar-refractivity contribution in [2.24, 2.45) is 0 Å². The fourth-order valence-electron chi connectivity index (χ4n) is 3.33. The molecule has 0 radical (unpaired) electrons. The van der Waals surface area contributed by atoms with E-state index in [0.29, 0.717) is 5.69 Å². The number of rotatable bonds is 2. The summed E-state index contributed by atoms with van der Waals surface area (Å²) in [6.07, 6.45) is 6.40. The molecule has 0 saturated carbocycles. The number of hydrogen-bond donors (Lipinski definition) is 0. The second-order valence-corrected chi connectivity index (χ2v) is 7.99. The zero-order chi connectivity index (χ0) is 14.9. The van der Waals surface area contributed by atoms with Crippen molar-refractivity contribution < 1.29 is 4.79 Å². The average Bonchev–Trinajstić information content (AvgIpc) is 3.17. The van der Waals surface area contributed by atoms with Crippen molar-refractivity contribution in [1.29, 1.82) is 0 Å². The van der Waals surface area contributed by atoms with Gasteiger partial charge in [-0.25, -0.2) is 4.98 Å². The number of piperazine rings is 1. The monoisotopic (exact) mass is 336 g/mol. The van der Waals surface area contributed by atoms with Crippen molar-refractivity contribution in [1.82, 2.24) is 19.2 Å². The van der Waals surface area contributed by atoms with E-state index in [2.05, 4.69) is 21.6 Å². The zero-order valence-corrected chi connectivity index (χ0v) is 14.1. The van der Waals surface area contributed by atoms with Crippen LogP contribution in [-0.4, -0.2) is 68.8 Å². The molecule has 0 N–H and O–H groups in total. The first-order valence-electron chi connectivity index (χ1n) is 7.84. The van der Waals surface area contributed by atoms with Crippen LogP contribution in [0.5, 0.6) is 0 Å². The predicted octanol–water partition coefficient (Wildman–Crippen LogP) is 2.05. The normalized spacial score (nSPS) is 21.5. The first kappa shape index (κ1) is 14.5. The Morgan fingerprint density at radius 1 is 1.18 bits per heavy atom. The second-order valence-electron chi connectivity index (χ2n) is 5.89. The van der Waals surface area contributed by atoms with Crippen molar-refractivity contribution in [2.75, 3.05) is 37.7 Å². The van der Waals surface area contributed by atoms with E-state index in [0.717, 1.165) is 37.2 Å². The summed E-state index contributed by atoms with van der Waals surface area (Å²) in [5.74, 6) is 2.65. The number of amides is 1. The van der Waals surface area contributed by atoms with E-state index in [1.54, 1.807) is 11.3 Å². The van der Waals surface area contributed by atoms with Crippen LogP contribution in [0.15, 0.2) is 17.8 Å². The van der Waals surface area contributed by atoms with Gasteiger partial charge in [0.15, 0.2) is 4.96 Å². The van der Waals surface area contributed by atoms with Gasteiger partial charge in [-0.1, -0.05) is 0 Å². The summed E-state index contributed by atoms with van der Waals surface area (Å²) in [4.78, 5) is 22.4. The minimum Gasteiger partial charge on any atom is -0.335 e. The van der Waals surface area contributed by atoms with Crippen molar-refractivity contribution in [2.45, 2.75) is 18.9 Å². The number of thiazole rings is 1. The molecule has 0 atom stereocenters. The highest BCUT2D eigenvalue weighted by atomic mass is 32.2. The minimum atomic E-state index is 0.0785. The van der Waals surface area contributed by atoms with E-state index in [9.17, 15) is 4.79 Å². The molecule has 2 saturated heterocycles. The molecule has 22 heavy (non-hydrogen) atoms. The molecule has 4 heterocycles. The molecule has 2 aliphatic heterocycles. The molecule has 1 amide bonds. The largest absolute Gasteiger partial charge is 0.335 e. The van der Waals surface area contributed by atoms with E-state index in [1.807, 2.05) is 27.1 Å². The number of nitrogens with zero attached hydrogens (tertiary/aromatic N) is 4. The molecule has 0 aliphatic carbocycles. The number of carbonyl (C=O) groups is 1. The van der Waals surface area contributed by atoms with Gasteiger partial charge < -0.3 is 4.90 Å². The van der Waals surface area contributed by atoms with Crippen LogP contribution in [0.25, 0.3) is 4.96 Å². The molecule has 2 fully saturated rings. The van der Waals surface area contributed by atoms with Gasteiger partial charge in [0.05, 0.1) is 0 Å². The van der Waals surface area contributed by atoms with Crippen LogP contribution >= 0.6 is 23.1 Å². The van der Waals surface area contributed by atoms with E-state index >= 15 is 0 Å².